The van der Waals surface area contributed by atoms with Crippen LogP contribution >= 0.6 is 0 Å². The van der Waals surface area contributed by atoms with Gasteiger partial charge >= 0.3 is 0 Å². The number of rotatable bonds is 2. The van der Waals surface area contributed by atoms with Crippen molar-refractivity contribution in [3.63, 3.8) is 0 Å². The lowest BCUT2D eigenvalue weighted by Gasteiger charge is -2.10. The molecule has 1 saturated carbocycles. The van der Waals surface area contributed by atoms with Gasteiger partial charge < -0.3 is 5.32 Å². The third-order valence-electron chi connectivity index (χ3n) is 5.66. The molecule has 0 aliphatic heterocycles. The summed E-state index contributed by atoms with van der Waals surface area (Å²) >= 11 is 0. The SMILES string of the molecule is Cc1cccc(NC(=O)C2[C@H]3CC/C=C\CC/C=C\CC[C@@H]23)c1C. The molecule has 1 aromatic rings. The van der Waals surface area contributed by atoms with Crippen LogP contribution in [-0.4, -0.2) is 5.91 Å². The molecule has 0 aromatic heterocycles. The van der Waals surface area contributed by atoms with E-state index >= 15 is 0 Å². The first-order chi connectivity index (χ1) is 11.7. The molecule has 1 unspecified atom stereocenters. The number of hydrogen-bond acceptors (Lipinski definition) is 1. The van der Waals surface area contributed by atoms with Gasteiger partial charge in [-0.3, -0.25) is 4.79 Å². The van der Waals surface area contributed by atoms with Gasteiger partial charge in [-0.25, -0.2) is 0 Å². The monoisotopic (exact) mass is 323 g/mol. The lowest BCUT2D eigenvalue weighted by molar-refractivity contribution is -0.117. The van der Waals surface area contributed by atoms with Crippen LogP contribution in [0.5, 0.6) is 0 Å². The average molecular weight is 323 g/mol. The molecule has 1 aromatic carbocycles. The van der Waals surface area contributed by atoms with Gasteiger partial charge in [-0.15, -0.1) is 0 Å². The van der Waals surface area contributed by atoms with Gasteiger partial charge in [-0.1, -0.05) is 36.4 Å². The molecule has 1 N–H and O–H groups in total. The number of carbonyl (C=O) groups excluding carboxylic acids is 1. The Kier molecular flexibility index (Phi) is 5.55. The van der Waals surface area contributed by atoms with Gasteiger partial charge in [-0.2, -0.15) is 0 Å². The summed E-state index contributed by atoms with van der Waals surface area (Å²) in [5, 5.41) is 3.19. The van der Waals surface area contributed by atoms with E-state index in [1.807, 2.05) is 12.1 Å². The molecule has 2 aliphatic carbocycles. The van der Waals surface area contributed by atoms with E-state index < -0.39 is 0 Å². The van der Waals surface area contributed by atoms with Gasteiger partial charge in [-0.05, 0) is 81.4 Å². The second-order valence-corrected chi connectivity index (χ2v) is 7.27. The lowest BCUT2D eigenvalue weighted by atomic mass is 10.1. The Labute approximate surface area is 146 Å². The Hall–Kier alpha value is -1.83. The maximum atomic E-state index is 12.8. The Morgan fingerprint density at radius 2 is 1.50 bits per heavy atom. The molecule has 0 radical (unpaired) electrons. The van der Waals surface area contributed by atoms with Gasteiger partial charge in [0.15, 0.2) is 0 Å². The summed E-state index contributed by atoms with van der Waals surface area (Å²) in [6, 6.07) is 6.12. The highest BCUT2D eigenvalue weighted by Gasteiger charge is 2.52. The molecule has 24 heavy (non-hydrogen) atoms. The fraction of sp³-hybridized carbons (Fsp3) is 0.500. The van der Waals surface area contributed by atoms with Crippen molar-refractivity contribution in [2.75, 3.05) is 5.32 Å². The van der Waals surface area contributed by atoms with E-state index in [0.29, 0.717) is 11.8 Å². The molecule has 1 fully saturated rings. The highest BCUT2D eigenvalue weighted by Crippen LogP contribution is 2.52. The minimum Gasteiger partial charge on any atom is -0.326 e. The predicted molar refractivity (Wildman–Crippen MR) is 101 cm³/mol. The Bertz CT molecular complexity index is 619. The molecule has 3 atom stereocenters. The normalized spacial score (nSPS) is 29.5. The molecule has 0 heterocycles. The summed E-state index contributed by atoms with van der Waals surface area (Å²) in [5.41, 5.74) is 3.38. The minimum absolute atomic E-state index is 0.201. The molecule has 2 heteroatoms. The van der Waals surface area contributed by atoms with Gasteiger partial charge in [0.25, 0.3) is 0 Å². The van der Waals surface area contributed by atoms with Gasteiger partial charge in [0.1, 0.15) is 0 Å². The second-order valence-electron chi connectivity index (χ2n) is 7.27. The number of nitrogens with one attached hydrogen (secondary N) is 1. The van der Waals surface area contributed by atoms with Gasteiger partial charge in [0.2, 0.25) is 5.91 Å². The number of hydrogen-bond donors (Lipinski definition) is 1. The third kappa shape index (κ3) is 3.98. The molecule has 0 bridgehead atoms. The zero-order chi connectivity index (χ0) is 16.9. The van der Waals surface area contributed by atoms with Crippen molar-refractivity contribution in [1.29, 1.82) is 0 Å². The number of aryl methyl sites for hydroxylation is 1. The van der Waals surface area contributed by atoms with Crippen molar-refractivity contribution in [1.82, 2.24) is 0 Å². The molecule has 128 valence electrons. The first-order valence-corrected chi connectivity index (χ1v) is 9.35. The lowest BCUT2D eigenvalue weighted by Crippen LogP contribution is -2.16. The van der Waals surface area contributed by atoms with E-state index in [1.54, 1.807) is 0 Å². The van der Waals surface area contributed by atoms with Crippen molar-refractivity contribution in [2.45, 2.75) is 52.4 Å². The van der Waals surface area contributed by atoms with E-state index in [4.69, 9.17) is 0 Å². The first-order valence-electron chi connectivity index (χ1n) is 9.35. The molecular weight excluding hydrogens is 294 g/mol. The van der Waals surface area contributed by atoms with Gasteiger partial charge in [0.05, 0.1) is 0 Å². The van der Waals surface area contributed by atoms with Crippen LogP contribution < -0.4 is 5.32 Å². The molecule has 0 saturated heterocycles. The van der Waals surface area contributed by atoms with Crippen LogP contribution in [0.2, 0.25) is 0 Å². The largest absolute Gasteiger partial charge is 0.326 e. The van der Waals surface area contributed by atoms with Crippen molar-refractivity contribution in [3.8, 4) is 0 Å². The quantitative estimate of drug-likeness (QED) is 0.708. The fourth-order valence-electron chi connectivity index (χ4n) is 3.96. The fourth-order valence-corrected chi connectivity index (χ4v) is 3.96. The second kappa shape index (κ2) is 7.83. The van der Waals surface area contributed by atoms with Crippen molar-refractivity contribution < 1.29 is 4.79 Å². The molecule has 2 nitrogen and oxygen atoms in total. The van der Waals surface area contributed by atoms with Crippen LogP contribution in [0, 0.1) is 31.6 Å². The smallest absolute Gasteiger partial charge is 0.228 e. The average Bonchev–Trinajstić information content (AvgIpc) is 3.24. The Morgan fingerprint density at radius 3 is 2.12 bits per heavy atom. The van der Waals surface area contributed by atoms with E-state index in [2.05, 4.69) is 49.5 Å². The maximum absolute atomic E-state index is 12.8. The summed E-state index contributed by atoms with van der Waals surface area (Å²) in [7, 11) is 0. The maximum Gasteiger partial charge on any atom is 0.228 e. The number of anilines is 1. The van der Waals surface area contributed by atoms with Crippen LogP contribution in [0.4, 0.5) is 5.69 Å². The molecule has 3 rings (SSSR count). The van der Waals surface area contributed by atoms with E-state index in [0.717, 1.165) is 44.2 Å². The first kappa shape index (κ1) is 17.0. The van der Waals surface area contributed by atoms with Crippen LogP contribution in [0.3, 0.4) is 0 Å². The number of benzene rings is 1. The predicted octanol–water partition coefficient (Wildman–Crippen LogP) is 5.57. The Morgan fingerprint density at radius 1 is 0.917 bits per heavy atom. The molecule has 1 amide bonds. The van der Waals surface area contributed by atoms with E-state index in [1.165, 1.54) is 11.1 Å². The van der Waals surface area contributed by atoms with Crippen molar-refractivity contribution >= 4 is 11.6 Å². The van der Waals surface area contributed by atoms with Crippen molar-refractivity contribution in [2.24, 2.45) is 17.8 Å². The topological polar surface area (TPSA) is 29.1 Å². The number of carbonyl (C=O) groups is 1. The van der Waals surface area contributed by atoms with Gasteiger partial charge in [0, 0.05) is 11.6 Å². The standard InChI is InChI=1S/C22H29NO/c1-16-12-11-15-20(17(16)2)23-22(24)21-18-13-9-7-5-3-4-6-8-10-14-19(18)21/h5-8,11-12,15,18-19,21H,3-4,9-10,13-14H2,1-2H3,(H,23,24)/b7-5-,8-6-/t18-,19+,21?. The summed E-state index contributed by atoms with van der Waals surface area (Å²) < 4.78 is 0. The summed E-state index contributed by atoms with van der Waals surface area (Å²) in [5.74, 6) is 1.55. The summed E-state index contributed by atoms with van der Waals surface area (Å²) in [4.78, 5) is 12.8. The minimum atomic E-state index is 0.201. The van der Waals surface area contributed by atoms with E-state index in [-0.39, 0.29) is 11.8 Å². The molecular formula is C22H29NO. The third-order valence-corrected chi connectivity index (χ3v) is 5.66. The van der Waals surface area contributed by atoms with Crippen molar-refractivity contribution in [3.05, 3.63) is 53.6 Å². The molecule has 0 spiro atoms. The number of fused-ring (bicyclic) bond motifs is 1. The van der Waals surface area contributed by atoms with Crippen LogP contribution in [0.25, 0.3) is 0 Å². The Balaban J connectivity index is 1.65. The molecule has 2 aliphatic rings. The zero-order valence-corrected chi connectivity index (χ0v) is 14.9. The summed E-state index contributed by atoms with van der Waals surface area (Å²) in [6.45, 7) is 4.17. The zero-order valence-electron chi connectivity index (χ0n) is 14.9. The highest BCUT2D eigenvalue weighted by atomic mass is 16.2. The van der Waals surface area contributed by atoms with E-state index in [9.17, 15) is 4.79 Å². The van der Waals surface area contributed by atoms with Crippen LogP contribution in [0.1, 0.15) is 49.7 Å². The highest BCUT2D eigenvalue weighted by molar-refractivity contribution is 5.95. The number of amides is 1. The number of allylic oxidation sites excluding steroid dienone is 4. The van der Waals surface area contributed by atoms with Crippen LogP contribution in [0.15, 0.2) is 42.5 Å². The summed E-state index contributed by atoms with van der Waals surface area (Å²) in [6.07, 6.45) is 16.0. The van der Waals surface area contributed by atoms with Crippen LogP contribution in [-0.2, 0) is 4.79 Å².